The summed E-state index contributed by atoms with van der Waals surface area (Å²) in [6.45, 7) is 9.59. The van der Waals surface area contributed by atoms with Crippen LogP contribution in [0.5, 0.6) is 0 Å². The monoisotopic (exact) mass is 1240 g/mol. The lowest BCUT2D eigenvalue weighted by atomic mass is 10.1. The van der Waals surface area contributed by atoms with Crippen LogP contribution >= 0.6 is 23.9 Å². The van der Waals surface area contributed by atoms with Crippen molar-refractivity contribution in [2.45, 2.75) is 387 Å². The van der Waals surface area contributed by atoms with Gasteiger partial charge >= 0.3 is 23.9 Å². The second-order valence-corrected chi connectivity index (χ2v) is 28.9. The van der Waals surface area contributed by atoms with Crippen LogP contribution < -0.4 is 0 Å². The molecule has 0 aliphatic rings. The zero-order chi connectivity index (χ0) is 60.9. The lowest BCUT2D eigenvalue weighted by Gasteiger charge is -2.14. The number of hydrogen-bond donors (Lipinski definition) is 0. The van der Waals surface area contributed by atoms with E-state index in [1.165, 1.54) is 231 Å². The van der Waals surface area contributed by atoms with E-state index in [-0.39, 0.29) is 26.4 Å². The van der Waals surface area contributed by atoms with Crippen LogP contribution in [0.25, 0.3) is 0 Å². The van der Waals surface area contributed by atoms with E-state index in [4.69, 9.17) is 26.7 Å². The molecule has 12 heteroatoms. The molecular formula is C72H140O9P3+. The van der Waals surface area contributed by atoms with Crippen molar-refractivity contribution in [3.05, 3.63) is 48.6 Å². The maximum atomic E-state index is 14.2. The fourth-order valence-corrected chi connectivity index (χ4v) is 14.5. The van der Waals surface area contributed by atoms with Crippen LogP contribution in [-0.4, -0.2) is 26.4 Å². The second kappa shape index (κ2) is 69.7. The molecular weight excluding hydrogens is 1100 g/mol. The molecule has 0 aromatic heterocycles. The first-order valence-electron chi connectivity index (χ1n) is 36.6. The average Bonchev–Trinajstić information content (AvgIpc) is 3.66. The highest BCUT2D eigenvalue weighted by Gasteiger charge is 2.48. The smallest absolute Gasteiger partial charge is 0.284 e. The quantitative estimate of drug-likeness (QED) is 0.0334. The van der Waals surface area contributed by atoms with Gasteiger partial charge in [-0.15, -0.1) is 0 Å². The van der Waals surface area contributed by atoms with Crippen molar-refractivity contribution in [2.24, 2.45) is 0 Å². The van der Waals surface area contributed by atoms with Gasteiger partial charge in [0.2, 0.25) is 0 Å². The first-order chi connectivity index (χ1) is 41.3. The predicted molar refractivity (Wildman–Crippen MR) is 367 cm³/mol. The van der Waals surface area contributed by atoms with Crippen molar-refractivity contribution in [1.29, 1.82) is 0 Å². The number of hydrogen-bond acceptors (Lipinski definition) is 9. The van der Waals surface area contributed by atoms with Crippen LogP contribution in [0.1, 0.15) is 387 Å². The summed E-state index contributed by atoms with van der Waals surface area (Å²) in [6.07, 6.45) is 84.8. The largest absolute Gasteiger partial charge is 0.719 e. The van der Waals surface area contributed by atoms with Gasteiger partial charge in [-0.25, -0.2) is 9.13 Å². The Morgan fingerprint density at radius 1 is 0.226 bits per heavy atom. The normalized spacial score (nSPS) is 12.5. The van der Waals surface area contributed by atoms with Crippen LogP contribution in [0.15, 0.2) is 48.6 Å². The summed E-state index contributed by atoms with van der Waals surface area (Å²) < 4.78 is 76.2. The molecule has 0 N–H and O–H groups in total. The van der Waals surface area contributed by atoms with Crippen LogP contribution in [0.2, 0.25) is 0 Å². The predicted octanol–water partition coefficient (Wildman–Crippen LogP) is 28.1. The van der Waals surface area contributed by atoms with Gasteiger partial charge in [-0.1, -0.05) is 307 Å². The third-order valence-corrected chi connectivity index (χ3v) is 20.6. The molecule has 0 amide bonds. The van der Waals surface area contributed by atoms with Gasteiger partial charge in [-0.05, 0) is 137 Å². The Bertz CT molecular complexity index is 1350. The van der Waals surface area contributed by atoms with Crippen molar-refractivity contribution in [3.63, 3.8) is 0 Å². The summed E-state index contributed by atoms with van der Waals surface area (Å²) in [5, 5.41) is 0. The minimum absolute atomic E-state index is 0.131. The van der Waals surface area contributed by atoms with Crippen molar-refractivity contribution >= 4 is 23.9 Å². The molecule has 0 rings (SSSR count). The Balaban J connectivity index is 5.25. The van der Waals surface area contributed by atoms with E-state index in [1.807, 2.05) is 0 Å². The van der Waals surface area contributed by atoms with Gasteiger partial charge in [-0.2, -0.15) is 0 Å². The van der Waals surface area contributed by atoms with Gasteiger partial charge in [0.1, 0.15) is 0 Å². The van der Waals surface area contributed by atoms with E-state index < -0.39 is 23.9 Å². The maximum absolute atomic E-state index is 14.2. The van der Waals surface area contributed by atoms with Gasteiger partial charge in [0.05, 0.1) is 26.4 Å². The molecule has 84 heavy (non-hydrogen) atoms. The molecule has 496 valence electrons. The second-order valence-electron chi connectivity index (χ2n) is 24.4. The molecule has 0 aromatic carbocycles. The maximum Gasteiger partial charge on any atom is 0.719 e. The van der Waals surface area contributed by atoms with E-state index in [9.17, 15) is 13.7 Å². The highest BCUT2D eigenvalue weighted by atomic mass is 31.3. The first kappa shape index (κ1) is 83.3. The first-order valence-corrected chi connectivity index (χ1v) is 40.6. The fourth-order valence-electron chi connectivity index (χ4n) is 10.5. The summed E-state index contributed by atoms with van der Waals surface area (Å²) in [5.41, 5.74) is 0. The molecule has 0 saturated carbocycles. The van der Waals surface area contributed by atoms with Gasteiger partial charge in [0.15, 0.2) is 0 Å². The lowest BCUT2D eigenvalue weighted by molar-refractivity contribution is 0.136. The van der Waals surface area contributed by atoms with Crippen molar-refractivity contribution in [1.82, 2.24) is 0 Å². The number of phosphoric acid groups is 2. The standard InChI is InChI=1S/C72H140O9P3/c1-5-9-13-17-21-25-29-33-37-41-45-49-53-57-61-65-69-76-83(74,77-70-66-62-58-54-50-46-42-38-34-30-26-22-18-14-10-6-2)80-82(73)81-84(75,78-71-67-63-59-55-51-47-43-39-35-31-27-23-19-15-11-7-3)79-72-68-64-60-56-52-48-44-40-36-32-28-24-20-16-12-8-4/h33-40H,5-32,41-72H2,1-4H3/q+1/b37-33-,38-34-,39-35-,40-36-. The zero-order valence-corrected chi connectivity index (χ0v) is 58.7. The van der Waals surface area contributed by atoms with Gasteiger partial charge in [0.25, 0.3) is 0 Å². The summed E-state index contributed by atoms with van der Waals surface area (Å²) in [5.74, 6) is 0. The number of phosphoric ester groups is 2. The number of unbranched alkanes of at least 4 members (excludes halogenated alkanes) is 48. The van der Waals surface area contributed by atoms with Crippen LogP contribution in [0.4, 0.5) is 0 Å². The molecule has 0 saturated heterocycles. The van der Waals surface area contributed by atoms with Gasteiger partial charge in [0, 0.05) is 4.57 Å². The van der Waals surface area contributed by atoms with Crippen LogP contribution in [0.3, 0.4) is 0 Å². The van der Waals surface area contributed by atoms with Crippen molar-refractivity contribution < 1.29 is 40.4 Å². The third-order valence-electron chi connectivity index (χ3n) is 16.0. The van der Waals surface area contributed by atoms with Crippen LogP contribution in [-0.2, 0) is 40.4 Å². The number of allylic oxidation sites excluding steroid dienone is 8. The highest BCUT2D eigenvalue weighted by molar-refractivity contribution is 7.62. The van der Waals surface area contributed by atoms with E-state index in [1.54, 1.807) is 0 Å². The van der Waals surface area contributed by atoms with Crippen molar-refractivity contribution in [3.8, 4) is 0 Å². The Hall–Kier alpha value is -0.720. The summed E-state index contributed by atoms with van der Waals surface area (Å²) in [7, 11) is -11.9. The summed E-state index contributed by atoms with van der Waals surface area (Å²) in [6, 6.07) is 0. The molecule has 0 radical (unpaired) electrons. The highest BCUT2D eigenvalue weighted by Crippen LogP contribution is 2.64. The molecule has 0 atom stereocenters. The molecule has 0 unspecified atom stereocenters. The Kier molecular flexibility index (Phi) is 69.2. The molecule has 0 aliphatic heterocycles. The van der Waals surface area contributed by atoms with E-state index in [0.29, 0.717) is 25.7 Å². The van der Waals surface area contributed by atoms with E-state index in [2.05, 4.69) is 76.3 Å². The minimum Gasteiger partial charge on any atom is -0.284 e. The Morgan fingerprint density at radius 3 is 0.536 bits per heavy atom. The molecule has 0 fully saturated rings. The van der Waals surface area contributed by atoms with Crippen molar-refractivity contribution in [2.75, 3.05) is 26.4 Å². The van der Waals surface area contributed by atoms with E-state index >= 15 is 0 Å². The molecule has 9 nitrogen and oxygen atoms in total. The Labute approximate surface area is 524 Å². The van der Waals surface area contributed by atoms with Gasteiger partial charge in [-0.3, -0.25) is 18.1 Å². The number of rotatable bonds is 72. The molecule has 0 heterocycles. The lowest BCUT2D eigenvalue weighted by Crippen LogP contribution is -2.03. The van der Waals surface area contributed by atoms with Crippen LogP contribution in [0, 0.1) is 0 Å². The SMILES string of the molecule is CCCCCCCC/C=C\CCCCCCCCOP(=O)(OCCCCCCCC/C=C\CCCCCCCC)O[P+](=O)OP(=O)(OCCCCCCCC/C=C\CCCCCCCC)OCCCCCCCC/C=C\CCCCCCCC. The van der Waals surface area contributed by atoms with Gasteiger partial charge < -0.3 is 0 Å². The zero-order valence-electron chi connectivity index (χ0n) is 56.1. The fraction of sp³-hybridized carbons (Fsp3) is 0.889. The molecule has 0 aromatic rings. The molecule has 0 spiro atoms. The molecule has 0 bridgehead atoms. The Morgan fingerprint density at radius 2 is 0.369 bits per heavy atom. The summed E-state index contributed by atoms with van der Waals surface area (Å²) >= 11 is 0. The average molecular weight is 1240 g/mol. The minimum atomic E-state index is -4.34. The van der Waals surface area contributed by atoms with E-state index in [0.717, 1.165) is 103 Å². The topological polar surface area (TPSA) is 107 Å². The summed E-state index contributed by atoms with van der Waals surface area (Å²) in [4.78, 5) is 0. The third kappa shape index (κ3) is 65.7. The molecule has 0 aliphatic carbocycles.